The predicted molar refractivity (Wildman–Crippen MR) is 111 cm³/mol. The van der Waals surface area contributed by atoms with E-state index in [1.165, 1.54) is 12.1 Å². The number of carbonyl (C=O) groups excluding carboxylic acids is 1. The summed E-state index contributed by atoms with van der Waals surface area (Å²) >= 11 is 0. The Balaban J connectivity index is 1.67. The molecule has 1 aliphatic heterocycles. The molecule has 0 spiro atoms. The summed E-state index contributed by atoms with van der Waals surface area (Å²) in [4.78, 5) is 14.3. The molecule has 0 saturated carbocycles. The number of aryl methyl sites for hydroxylation is 1. The van der Waals surface area contributed by atoms with Crippen molar-refractivity contribution >= 4 is 21.6 Å². The van der Waals surface area contributed by atoms with E-state index < -0.39 is 16.1 Å². The average molecular weight is 419 g/mol. The van der Waals surface area contributed by atoms with E-state index >= 15 is 0 Å². The van der Waals surface area contributed by atoms with Gasteiger partial charge in [0.05, 0.1) is 23.8 Å². The fourth-order valence-electron chi connectivity index (χ4n) is 3.06. The van der Waals surface area contributed by atoms with Gasteiger partial charge in [0.1, 0.15) is 5.75 Å². The Morgan fingerprint density at radius 3 is 2.41 bits per heavy atom. The molecule has 0 radical (unpaired) electrons. The topological polar surface area (TPSA) is 84.9 Å². The van der Waals surface area contributed by atoms with Gasteiger partial charge >= 0.3 is 0 Å². The van der Waals surface area contributed by atoms with Crippen LogP contribution < -0.4 is 9.46 Å². The predicted octanol–water partition coefficient (Wildman–Crippen LogP) is 2.73. The van der Waals surface area contributed by atoms with Gasteiger partial charge in [0, 0.05) is 13.1 Å². The minimum Gasteiger partial charge on any atom is -0.481 e. The van der Waals surface area contributed by atoms with E-state index in [0.29, 0.717) is 37.7 Å². The number of nitrogens with one attached hydrogen (secondary N) is 1. The second-order valence-electron chi connectivity index (χ2n) is 7.02. The quantitative estimate of drug-likeness (QED) is 0.780. The molecule has 0 aromatic heterocycles. The Hall–Kier alpha value is -2.58. The van der Waals surface area contributed by atoms with Crippen LogP contribution in [-0.2, 0) is 19.6 Å². The Morgan fingerprint density at radius 1 is 1.10 bits per heavy atom. The first-order valence-electron chi connectivity index (χ1n) is 9.50. The zero-order valence-corrected chi connectivity index (χ0v) is 17.7. The van der Waals surface area contributed by atoms with Crippen LogP contribution in [0.3, 0.4) is 0 Å². The molecule has 7 nitrogen and oxygen atoms in total. The molecule has 0 bridgehead atoms. The maximum absolute atomic E-state index is 12.7. The summed E-state index contributed by atoms with van der Waals surface area (Å²) < 4.78 is 39.0. The monoisotopic (exact) mass is 418 g/mol. The molecule has 1 saturated heterocycles. The number of rotatable bonds is 6. The zero-order chi connectivity index (χ0) is 21.0. The number of amides is 1. The van der Waals surface area contributed by atoms with Crippen LogP contribution >= 0.6 is 0 Å². The van der Waals surface area contributed by atoms with Crippen molar-refractivity contribution in [2.45, 2.75) is 31.8 Å². The van der Waals surface area contributed by atoms with E-state index in [0.717, 1.165) is 11.1 Å². The molecule has 3 rings (SSSR count). The largest absolute Gasteiger partial charge is 0.481 e. The molecule has 156 valence electrons. The van der Waals surface area contributed by atoms with Crippen LogP contribution in [0.2, 0.25) is 0 Å². The van der Waals surface area contributed by atoms with Gasteiger partial charge in [-0.1, -0.05) is 12.1 Å². The maximum Gasteiger partial charge on any atom is 0.263 e. The van der Waals surface area contributed by atoms with Crippen LogP contribution in [0.15, 0.2) is 47.4 Å². The summed E-state index contributed by atoms with van der Waals surface area (Å²) in [7, 11) is -3.73. The zero-order valence-electron chi connectivity index (χ0n) is 16.8. The number of ether oxygens (including phenoxy) is 2. The first-order valence-corrected chi connectivity index (χ1v) is 11.0. The van der Waals surface area contributed by atoms with Crippen LogP contribution in [0.5, 0.6) is 5.75 Å². The molecule has 1 heterocycles. The minimum absolute atomic E-state index is 0.110. The Morgan fingerprint density at radius 2 is 1.76 bits per heavy atom. The highest BCUT2D eigenvalue weighted by Gasteiger charge is 2.24. The third-order valence-corrected chi connectivity index (χ3v) is 6.35. The minimum atomic E-state index is -3.73. The number of hydrogen-bond acceptors (Lipinski definition) is 5. The van der Waals surface area contributed by atoms with Gasteiger partial charge in [-0.2, -0.15) is 0 Å². The highest BCUT2D eigenvalue weighted by atomic mass is 32.2. The molecule has 1 N–H and O–H groups in total. The molecule has 2 aromatic carbocycles. The van der Waals surface area contributed by atoms with E-state index in [1.54, 1.807) is 30.0 Å². The number of carbonyl (C=O) groups is 1. The second-order valence-corrected chi connectivity index (χ2v) is 8.70. The van der Waals surface area contributed by atoms with Gasteiger partial charge in [0.25, 0.3) is 15.9 Å². The summed E-state index contributed by atoms with van der Waals surface area (Å²) in [6.07, 6.45) is -0.663. The van der Waals surface area contributed by atoms with Crippen molar-refractivity contribution in [2.75, 3.05) is 31.0 Å². The summed E-state index contributed by atoms with van der Waals surface area (Å²) in [6, 6.07) is 11.5. The van der Waals surface area contributed by atoms with Crippen LogP contribution in [0, 0.1) is 13.8 Å². The second kappa shape index (κ2) is 8.84. The average Bonchev–Trinajstić information content (AvgIpc) is 2.72. The summed E-state index contributed by atoms with van der Waals surface area (Å²) in [5.41, 5.74) is 2.44. The lowest BCUT2D eigenvalue weighted by Crippen LogP contribution is -2.46. The Labute approximate surface area is 171 Å². The fourth-order valence-corrected chi connectivity index (χ4v) is 4.18. The van der Waals surface area contributed by atoms with E-state index in [-0.39, 0.29) is 10.8 Å². The maximum atomic E-state index is 12.7. The molecular weight excluding hydrogens is 392 g/mol. The van der Waals surface area contributed by atoms with Gasteiger partial charge in [-0.3, -0.25) is 9.52 Å². The number of sulfonamides is 1. The van der Waals surface area contributed by atoms with Crippen LogP contribution in [-0.4, -0.2) is 51.6 Å². The van der Waals surface area contributed by atoms with Gasteiger partial charge in [-0.05, 0) is 62.2 Å². The molecule has 1 fully saturated rings. The van der Waals surface area contributed by atoms with Crippen LogP contribution in [0.4, 0.5) is 5.69 Å². The lowest BCUT2D eigenvalue weighted by Gasteiger charge is -2.29. The molecule has 29 heavy (non-hydrogen) atoms. The molecule has 1 aliphatic rings. The van der Waals surface area contributed by atoms with Crippen molar-refractivity contribution < 1.29 is 22.7 Å². The van der Waals surface area contributed by atoms with Crippen molar-refractivity contribution in [3.05, 3.63) is 53.6 Å². The molecular formula is C21H26N2O5S. The molecule has 0 unspecified atom stereocenters. The molecule has 2 aromatic rings. The summed E-state index contributed by atoms with van der Waals surface area (Å²) in [5, 5.41) is 0. The number of morpholine rings is 1. The van der Waals surface area contributed by atoms with Gasteiger partial charge in [0.2, 0.25) is 0 Å². The number of hydrogen-bond donors (Lipinski definition) is 1. The van der Waals surface area contributed by atoms with Crippen molar-refractivity contribution in [3.63, 3.8) is 0 Å². The van der Waals surface area contributed by atoms with Crippen LogP contribution in [0.25, 0.3) is 0 Å². The summed E-state index contributed by atoms with van der Waals surface area (Å²) in [5.74, 6) is 0.325. The van der Waals surface area contributed by atoms with E-state index in [2.05, 4.69) is 4.72 Å². The first-order chi connectivity index (χ1) is 13.8. The third-order valence-electron chi connectivity index (χ3n) is 4.97. The smallest absolute Gasteiger partial charge is 0.263 e. The fraction of sp³-hybridized carbons (Fsp3) is 0.381. The summed E-state index contributed by atoms with van der Waals surface area (Å²) in [6.45, 7) is 7.64. The van der Waals surface area contributed by atoms with E-state index in [9.17, 15) is 13.2 Å². The lowest BCUT2D eigenvalue weighted by molar-refractivity contribution is -0.142. The molecule has 8 heteroatoms. The number of benzene rings is 2. The molecule has 1 atom stereocenters. The van der Waals surface area contributed by atoms with Crippen molar-refractivity contribution in [1.82, 2.24) is 4.90 Å². The van der Waals surface area contributed by atoms with Crippen molar-refractivity contribution in [3.8, 4) is 5.75 Å². The number of anilines is 1. The molecule has 1 amide bonds. The number of nitrogens with zero attached hydrogens (tertiary/aromatic N) is 1. The van der Waals surface area contributed by atoms with E-state index in [4.69, 9.17) is 9.47 Å². The van der Waals surface area contributed by atoms with Crippen molar-refractivity contribution in [2.24, 2.45) is 0 Å². The van der Waals surface area contributed by atoms with Gasteiger partial charge in [0.15, 0.2) is 6.10 Å². The highest BCUT2D eigenvalue weighted by molar-refractivity contribution is 7.92. The standard InChI is InChI=1S/C21H26N2O5S/c1-15-5-4-6-20(16(15)2)22-29(25,26)19-9-7-18(8-10-19)28-17(3)21(24)23-11-13-27-14-12-23/h4-10,17,22H,11-14H2,1-3H3/t17-/m0/s1. The lowest BCUT2D eigenvalue weighted by atomic mass is 10.1. The Bertz CT molecular complexity index is 967. The van der Waals surface area contributed by atoms with Gasteiger partial charge in [-0.15, -0.1) is 0 Å². The molecule has 0 aliphatic carbocycles. The first kappa shape index (κ1) is 21.1. The van der Waals surface area contributed by atoms with Crippen molar-refractivity contribution in [1.29, 1.82) is 0 Å². The normalized spacial score (nSPS) is 15.6. The highest BCUT2D eigenvalue weighted by Crippen LogP contribution is 2.23. The van der Waals surface area contributed by atoms with Gasteiger partial charge in [-0.25, -0.2) is 8.42 Å². The SMILES string of the molecule is Cc1cccc(NS(=O)(=O)c2ccc(O[C@@H](C)C(=O)N3CCOCC3)cc2)c1C. The van der Waals surface area contributed by atoms with E-state index in [1.807, 2.05) is 26.0 Å². The van der Waals surface area contributed by atoms with Gasteiger partial charge < -0.3 is 14.4 Å². The van der Waals surface area contributed by atoms with Crippen LogP contribution in [0.1, 0.15) is 18.1 Å². The Kier molecular flexibility index (Phi) is 6.44. The third kappa shape index (κ3) is 5.07.